The van der Waals surface area contributed by atoms with E-state index in [0.29, 0.717) is 21.7 Å². The lowest BCUT2D eigenvalue weighted by Gasteiger charge is -2.23. The molecule has 0 unspecified atom stereocenters. The van der Waals surface area contributed by atoms with Gasteiger partial charge < -0.3 is 4.98 Å². The van der Waals surface area contributed by atoms with Gasteiger partial charge in [-0.3, -0.25) is 15.0 Å². The van der Waals surface area contributed by atoms with Gasteiger partial charge in [-0.1, -0.05) is 13.0 Å². The molecule has 3 heterocycles. The number of aromatic nitrogens is 2. The number of aromatic amines is 1. The highest BCUT2D eigenvalue weighted by Gasteiger charge is 2.21. The fourth-order valence-electron chi connectivity index (χ4n) is 2.98. The number of nitrogens with zero attached hydrogens (tertiary/aromatic N) is 2. The number of benzene rings is 1. The molecule has 1 aliphatic rings. The number of likely N-dealkylation sites (N-methyl/N-ethyl adjacent to an activating group) is 1. The van der Waals surface area contributed by atoms with E-state index < -0.39 is 0 Å². The zero-order valence-electron chi connectivity index (χ0n) is 13.2. The normalized spacial score (nSPS) is 14.8. The van der Waals surface area contributed by atoms with Crippen molar-refractivity contribution in [2.75, 3.05) is 18.4 Å². The zero-order valence-corrected chi connectivity index (χ0v) is 14.0. The number of carbonyl (C=O) groups excluding carboxylic acids is 1. The monoisotopic (exact) mass is 344 g/mol. The Labute approximate surface area is 142 Å². The first-order chi connectivity index (χ1) is 11.6. The van der Waals surface area contributed by atoms with Gasteiger partial charge in [0.2, 0.25) is 0 Å². The number of nitrogens with one attached hydrogen (secondary N) is 2. The van der Waals surface area contributed by atoms with Gasteiger partial charge in [0, 0.05) is 35.3 Å². The zero-order chi connectivity index (χ0) is 16.7. The van der Waals surface area contributed by atoms with Crippen molar-refractivity contribution in [2.24, 2.45) is 0 Å². The number of carbonyl (C=O) groups is 1. The second kappa shape index (κ2) is 5.99. The van der Waals surface area contributed by atoms with Crippen molar-refractivity contribution in [3.8, 4) is 0 Å². The van der Waals surface area contributed by atoms with E-state index in [1.807, 2.05) is 0 Å². The Morgan fingerprint density at radius 1 is 1.50 bits per heavy atom. The van der Waals surface area contributed by atoms with Gasteiger partial charge >= 0.3 is 0 Å². The number of hydrogen-bond donors (Lipinski definition) is 2. The quantitative estimate of drug-likeness (QED) is 0.766. The molecule has 0 fully saturated rings. The molecule has 5 nitrogen and oxygen atoms in total. The van der Waals surface area contributed by atoms with Crippen molar-refractivity contribution in [1.29, 1.82) is 0 Å². The van der Waals surface area contributed by atoms with Crippen LogP contribution in [0.4, 0.5) is 9.52 Å². The molecule has 4 rings (SSSR count). The molecule has 24 heavy (non-hydrogen) atoms. The SMILES string of the molecule is CCN1CCc2nc(NC(=O)c3cc4c(F)cccc4[nH]3)sc2C1. The minimum atomic E-state index is -0.341. The second-order valence-electron chi connectivity index (χ2n) is 5.85. The Morgan fingerprint density at radius 2 is 2.38 bits per heavy atom. The highest BCUT2D eigenvalue weighted by atomic mass is 32.1. The summed E-state index contributed by atoms with van der Waals surface area (Å²) in [5, 5.41) is 3.84. The van der Waals surface area contributed by atoms with E-state index in [2.05, 4.69) is 27.1 Å². The third-order valence-corrected chi connectivity index (χ3v) is 5.33. The number of rotatable bonds is 3. The van der Waals surface area contributed by atoms with Gasteiger partial charge in [-0.15, -0.1) is 11.3 Å². The molecule has 7 heteroatoms. The number of H-pyrrole nitrogens is 1. The van der Waals surface area contributed by atoms with Crippen LogP contribution in [-0.4, -0.2) is 33.9 Å². The fraction of sp³-hybridized carbons (Fsp3) is 0.294. The van der Waals surface area contributed by atoms with Crippen molar-refractivity contribution in [1.82, 2.24) is 14.9 Å². The van der Waals surface area contributed by atoms with Gasteiger partial charge in [0.1, 0.15) is 11.5 Å². The summed E-state index contributed by atoms with van der Waals surface area (Å²) in [6.45, 7) is 5.04. The van der Waals surface area contributed by atoms with Crippen LogP contribution in [0, 0.1) is 5.82 Å². The Kier molecular flexibility index (Phi) is 3.82. The molecule has 3 aromatic rings. The molecule has 1 aromatic carbocycles. The first-order valence-electron chi connectivity index (χ1n) is 7.93. The number of hydrogen-bond acceptors (Lipinski definition) is 4. The van der Waals surface area contributed by atoms with Crippen LogP contribution in [0.3, 0.4) is 0 Å². The second-order valence-corrected chi connectivity index (χ2v) is 6.93. The maximum Gasteiger partial charge on any atom is 0.273 e. The van der Waals surface area contributed by atoms with Gasteiger partial charge in [-0.2, -0.15) is 0 Å². The van der Waals surface area contributed by atoms with Gasteiger partial charge in [0.05, 0.1) is 5.69 Å². The Morgan fingerprint density at radius 3 is 3.17 bits per heavy atom. The highest BCUT2D eigenvalue weighted by molar-refractivity contribution is 7.15. The van der Waals surface area contributed by atoms with Crippen LogP contribution in [0.25, 0.3) is 10.9 Å². The predicted molar refractivity (Wildman–Crippen MR) is 93.0 cm³/mol. The largest absolute Gasteiger partial charge is 0.350 e. The molecule has 0 radical (unpaired) electrons. The summed E-state index contributed by atoms with van der Waals surface area (Å²) in [6.07, 6.45) is 0.910. The van der Waals surface area contributed by atoms with Gasteiger partial charge in [0.15, 0.2) is 5.13 Å². The van der Waals surface area contributed by atoms with Crippen LogP contribution >= 0.6 is 11.3 Å². The van der Waals surface area contributed by atoms with Crippen molar-refractivity contribution in [3.05, 3.63) is 46.3 Å². The molecule has 0 saturated heterocycles. The number of anilines is 1. The first-order valence-corrected chi connectivity index (χ1v) is 8.75. The van der Waals surface area contributed by atoms with Crippen LogP contribution < -0.4 is 5.32 Å². The average molecular weight is 344 g/mol. The minimum Gasteiger partial charge on any atom is -0.350 e. The lowest BCUT2D eigenvalue weighted by molar-refractivity contribution is 0.102. The Bertz CT molecular complexity index is 917. The highest BCUT2D eigenvalue weighted by Crippen LogP contribution is 2.28. The summed E-state index contributed by atoms with van der Waals surface area (Å²) < 4.78 is 13.7. The standard InChI is InChI=1S/C17H17FN4OS/c1-2-22-7-6-13-15(9-22)24-17(20-13)21-16(23)14-8-10-11(18)4-3-5-12(10)19-14/h3-5,8,19H,2,6-7,9H2,1H3,(H,20,21,23). The summed E-state index contributed by atoms with van der Waals surface area (Å²) >= 11 is 1.51. The third kappa shape index (κ3) is 2.70. The van der Waals surface area contributed by atoms with Crippen LogP contribution in [0.2, 0.25) is 0 Å². The number of thiazole rings is 1. The molecule has 2 N–H and O–H groups in total. The molecule has 124 valence electrons. The molecule has 0 aliphatic carbocycles. The van der Waals surface area contributed by atoms with Crippen LogP contribution in [-0.2, 0) is 13.0 Å². The molecule has 0 atom stereocenters. The van der Waals surface area contributed by atoms with Gasteiger partial charge in [0.25, 0.3) is 5.91 Å². The third-order valence-electron chi connectivity index (χ3n) is 4.33. The number of fused-ring (bicyclic) bond motifs is 2. The van der Waals surface area contributed by atoms with E-state index in [0.717, 1.165) is 31.7 Å². The molecule has 1 amide bonds. The van der Waals surface area contributed by atoms with Gasteiger partial charge in [-0.25, -0.2) is 9.37 Å². The van der Waals surface area contributed by atoms with Crippen LogP contribution in [0.15, 0.2) is 24.3 Å². The Hall–Kier alpha value is -2.25. The molecule has 0 bridgehead atoms. The van der Waals surface area contributed by atoms with E-state index in [4.69, 9.17) is 0 Å². The topological polar surface area (TPSA) is 61.0 Å². The Balaban J connectivity index is 1.55. The van der Waals surface area contributed by atoms with Gasteiger partial charge in [-0.05, 0) is 24.7 Å². The molecular weight excluding hydrogens is 327 g/mol. The van der Waals surface area contributed by atoms with Crippen LogP contribution in [0.1, 0.15) is 28.0 Å². The lowest BCUT2D eigenvalue weighted by Crippen LogP contribution is -2.29. The average Bonchev–Trinajstić information content (AvgIpc) is 3.18. The van der Waals surface area contributed by atoms with Crippen molar-refractivity contribution in [3.63, 3.8) is 0 Å². The van der Waals surface area contributed by atoms with Crippen molar-refractivity contribution in [2.45, 2.75) is 19.9 Å². The number of amides is 1. The molecule has 0 saturated carbocycles. The van der Waals surface area contributed by atoms with Crippen LogP contribution in [0.5, 0.6) is 0 Å². The van der Waals surface area contributed by atoms with E-state index >= 15 is 0 Å². The van der Waals surface area contributed by atoms with Crippen molar-refractivity contribution >= 4 is 33.3 Å². The van der Waals surface area contributed by atoms with E-state index in [9.17, 15) is 9.18 Å². The van der Waals surface area contributed by atoms with Crippen molar-refractivity contribution < 1.29 is 9.18 Å². The predicted octanol–water partition coefficient (Wildman–Crippen LogP) is 3.39. The van der Waals surface area contributed by atoms with E-state index in [1.165, 1.54) is 28.3 Å². The summed E-state index contributed by atoms with van der Waals surface area (Å²) in [5.41, 5.74) is 2.01. The first kappa shape index (κ1) is 15.3. The molecule has 1 aliphatic heterocycles. The summed E-state index contributed by atoms with van der Waals surface area (Å²) in [4.78, 5) is 23.5. The molecule has 0 spiro atoms. The molecule has 2 aromatic heterocycles. The molecular formula is C17H17FN4OS. The maximum absolute atomic E-state index is 13.7. The maximum atomic E-state index is 13.7. The number of halogens is 1. The van der Waals surface area contributed by atoms with E-state index in [1.54, 1.807) is 12.1 Å². The fourth-order valence-corrected chi connectivity index (χ4v) is 4.02. The summed E-state index contributed by atoms with van der Waals surface area (Å²) in [6, 6.07) is 6.28. The lowest BCUT2D eigenvalue weighted by atomic mass is 10.2. The smallest absolute Gasteiger partial charge is 0.273 e. The minimum absolute atomic E-state index is 0.302. The summed E-state index contributed by atoms with van der Waals surface area (Å²) in [7, 11) is 0. The summed E-state index contributed by atoms with van der Waals surface area (Å²) in [5.74, 6) is -0.642. The van der Waals surface area contributed by atoms with E-state index in [-0.39, 0.29) is 11.7 Å².